The zero-order valence-electron chi connectivity index (χ0n) is 17.0. The van der Waals surface area contributed by atoms with E-state index in [9.17, 15) is 13.2 Å². The Labute approximate surface area is 173 Å². The van der Waals surface area contributed by atoms with Gasteiger partial charge in [0.15, 0.2) is 0 Å². The van der Waals surface area contributed by atoms with Crippen LogP contribution in [0.25, 0.3) is 0 Å². The molecular formula is C23H28N2O3S. The molecule has 0 bridgehead atoms. The van der Waals surface area contributed by atoms with Crippen LogP contribution in [-0.4, -0.2) is 31.7 Å². The molecule has 0 unspecified atom stereocenters. The number of benzene rings is 2. The van der Waals surface area contributed by atoms with Crippen molar-refractivity contribution in [1.82, 2.24) is 4.31 Å². The largest absolute Gasteiger partial charge is 0.325 e. The number of hydrogen-bond donors (Lipinski definition) is 1. The molecule has 1 saturated heterocycles. The van der Waals surface area contributed by atoms with Crippen LogP contribution in [0.2, 0.25) is 0 Å². The van der Waals surface area contributed by atoms with E-state index in [0.717, 1.165) is 30.5 Å². The van der Waals surface area contributed by atoms with Crippen molar-refractivity contribution in [3.05, 3.63) is 59.7 Å². The summed E-state index contributed by atoms with van der Waals surface area (Å²) >= 11 is 0. The molecule has 0 aromatic heterocycles. The Morgan fingerprint density at radius 1 is 1.07 bits per heavy atom. The number of anilines is 1. The predicted molar refractivity (Wildman–Crippen MR) is 114 cm³/mol. The van der Waals surface area contributed by atoms with Crippen molar-refractivity contribution in [1.29, 1.82) is 0 Å². The molecule has 5 nitrogen and oxygen atoms in total. The molecule has 2 aromatic rings. The molecule has 1 atom stereocenters. The molecule has 29 heavy (non-hydrogen) atoms. The third kappa shape index (κ3) is 3.96. The summed E-state index contributed by atoms with van der Waals surface area (Å²) in [6.45, 7) is 5.06. The van der Waals surface area contributed by atoms with Gasteiger partial charge in [0.1, 0.15) is 0 Å². The summed E-state index contributed by atoms with van der Waals surface area (Å²) in [5.74, 6) is 0.280. The summed E-state index contributed by atoms with van der Waals surface area (Å²) in [6.07, 6.45) is 2.73. The van der Waals surface area contributed by atoms with Gasteiger partial charge < -0.3 is 5.32 Å². The van der Waals surface area contributed by atoms with Crippen LogP contribution in [0.1, 0.15) is 43.7 Å². The van der Waals surface area contributed by atoms with Gasteiger partial charge in [-0.25, -0.2) is 8.42 Å². The Morgan fingerprint density at radius 3 is 2.41 bits per heavy atom. The summed E-state index contributed by atoms with van der Waals surface area (Å²) in [5, 5.41) is 2.87. The highest BCUT2D eigenvalue weighted by Crippen LogP contribution is 2.39. The molecule has 4 rings (SSSR count). The van der Waals surface area contributed by atoms with Gasteiger partial charge in [0, 0.05) is 18.8 Å². The molecule has 6 heteroatoms. The highest BCUT2D eigenvalue weighted by Gasteiger charge is 2.35. The minimum Gasteiger partial charge on any atom is -0.325 e. The molecule has 2 heterocycles. The minimum atomic E-state index is -3.55. The first-order valence-corrected chi connectivity index (χ1v) is 11.8. The van der Waals surface area contributed by atoms with E-state index in [1.165, 1.54) is 5.56 Å². The standard InChI is InChI=1S/C23H28N2O3S/c1-16(2)22-20-15-19(8-9-21(20)24-23(22)26)29(27,28)25-12-10-18(11-13-25)14-17-6-4-3-5-7-17/h3-9,15-16,18,22H,10-14H2,1-2H3,(H,24,26)/t22-/m1/s1. The lowest BCUT2D eigenvalue weighted by molar-refractivity contribution is -0.117. The molecule has 1 amide bonds. The number of piperidine rings is 1. The van der Waals surface area contributed by atoms with Crippen molar-refractivity contribution in [3.63, 3.8) is 0 Å². The number of fused-ring (bicyclic) bond motifs is 1. The first kappa shape index (κ1) is 20.1. The van der Waals surface area contributed by atoms with E-state index in [1.807, 2.05) is 32.0 Å². The molecule has 1 fully saturated rings. The van der Waals surface area contributed by atoms with Gasteiger partial charge in [-0.15, -0.1) is 0 Å². The van der Waals surface area contributed by atoms with Crippen LogP contribution in [0, 0.1) is 11.8 Å². The lowest BCUT2D eigenvalue weighted by Crippen LogP contribution is -2.38. The lowest BCUT2D eigenvalue weighted by atomic mass is 9.90. The molecule has 2 aliphatic rings. The fourth-order valence-electron chi connectivity index (χ4n) is 4.54. The Kier molecular flexibility index (Phi) is 5.49. The average molecular weight is 413 g/mol. The third-order valence-electron chi connectivity index (χ3n) is 6.14. The maximum Gasteiger partial charge on any atom is 0.243 e. The topological polar surface area (TPSA) is 66.5 Å². The maximum absolute atomic E-state index is 13.2. The molecule has 0 radical (unpaired) electrons. The van der Waals surface area contributed by atoms with Gasteiger partial charge in [0.2, 0.25) is 15.9 Å². The lowest BCUT2D eigenvalue weighted by Gasteiger charge is -2.31. The van der Waals surface area contributed by atoms with Gasteiger partial charge in [-0.05, 0) is 60.4 Å². The van der Waals surface area contributed by atoms with Gasteiger partial charge in [0.25, 0.3) is 0 Å². The number of rotatable bonds is 5. The summed E-state index contributed by atoms with van der Waals surface area (Å²) in [6, 6.07) is 15.4. The number of nitrogens with zero attached hydrogens (tertiary/aromatic N) is 1. The van der Waals surface area contributed by atoms with Crippen LogP contribution in [-0.2, 0) is 21.2 Å². The Hall–Kier alpha value is -2.18. The fraction of sp³-hybridized carbons (Fsp3) is 0.435. The monoisotopic (exact) mass is 412 g/mol. The summed E-state index contributed by atoms with van der Waals surface area (Å²) < 4.78 is 28.1. The van der Waals surface area contributed by atoms with E-state index in [4.69, 9.17) is 0 Å². The van der Waals surface area contributed by atoms with Crippen LogP contribution in [0.4, 0.5) is 5.69 Å². The van der Waals surface area contributed by atoms with Gasteiger partial charge >= 0.3 is 0 Å². The third-order valence-corrected chi connectivity index (χ3v) is 8.04. The molecule has 1 N–H and O–H groups in total. The Bertz CT molecular complexity index is 994. The van der Waals surface area contributed by atoms with Crippen molar-refractivity contribution in [2.75, 3.05) is 18.4 Å². The van der Waals surface area contributed by atoms with Gasteiger partial charge in [-0.3, -0.25) is 4.79 Å². The predicted octanol–water partition coefficient (Wildman–Crippen LogP) is 4.02. The number of hydrogen-bond acceptors (Lipinski definition) is 3. The Balaban J connectivity index is 1.48. The molecule has 2 aliphatic heterocycles. The molecule has 2 aromatic carbocycles. The quantitative estimate of drug-likeness (QED) is 0.807. The zero-order chi connectivity index (χ0) is 20.6. The Morgan fingerprint density at radius 2 is 1.76 bits per heavy atom. The number of sulfonamides is 1. The van der Waals surface area contributed by atoms with E-state index >= 15 is 0 Å². The second-order valence-electron chi connectivity index (χ2n) is 8.50. The number of carbonyl (C=O) groups is 1. The van der Waals surface area contributed by atoms with Crippen LogP contribution in [0.3, 0.4) is 0 Å². The smallest absolute Gasteiger partial charge is 0.243 e. The van der Waals surface area contributed by atoms with E-state index < -0.39 is 10.0 Å². The van der Waals surface area contributed by atoms with Crippen LogP contribution in [0.5, 0.6) is 0 Å². The number of amides is 1. The summed E-state index contributed by atoms with van der Waals surface area (Å²) in [4.78, 5) is 12.5. The fourth-order valence-corrected chi connectivity index (χ4v) is 6.04. The molecule has 154 valence electrons. The van der Waals surface area contributed by atoms with Gasteiger partial charge in [-0.2, -0.15) is 4.31 Å². The second-order valence-corrected chi connectivity index (χ2v) is 10.4. The van der Waals surface area contributed by atoms with Crippen LogP contribution >= 0.6 is 0 Å². The highest BCUT2D eigenvalue weighted by molar-refractivity contribution is 7.89. The molecule has 0 saturated carbocycles. The second kappa shape index (κ2) is 7.92. The molecular weight excluding hydrogens is 384 g/mol. The normalized spacial score (nSPS) is 20.7. The van der Waals surface area contributed by atoms with E-state index in [2.05, 4.69) is 17.4 Å². The zero-order valence-corrected chi connectivity index (χ0v) is 17.8. The van der Waals surface area contributed by atoms with E-state index in [-0.39, 0.29) is 17.7 Å². The van der Waals surface area contributed by atoms with Crippen LogP contribution in [0.15, 0.2) is 53.4 Å². The minimum absolute atomic E-state index is 0.0497. The first-order chi connectivity index (χ1) is 13.9. The summed E-state index contributed by atoms with van der Waals surface area (Å²) in [5.41, 5.74) is 2.84. The first-order valence-electron chi connectivity index (χ1n) is 10.3. The number of nitrogens with one attached hydrogen (secondary N) is 1. The van der Waals surface area contributed by atoms with Crippen molar-refractivity contribution < 1.29 is 13.2 Å². The molecule has 0 spiro atoms. The van der Waals surface area contributed by atoms with E-state index in [1.54, 1.807) is 22.5 Å². The van der Waals surface area contributed by atoms with Gasteiger partial charge in [0.05, 0.1) is 10.8 Å². The molecule has 0 aliphatic carbocycles. The van der Waals surface area contributed by atoms with Crippen molar-refractivity contribution in [3.8, 4) is 0 Å². The summed E-state index contributed by atoms with van der Waals surface area (Å²) in [7, 11) is -3.55. The van der Waals surface area contributed by atoms with Gasteiger partial charge in [-0.1, -0.05) is 44.2 Å². The van der Waals surface area contributed by atoms with Crippen molar-refractivity contribution >= 4 is 21.6 Å². The van der Waals surface area contributed by atoms with Crippen LogP contribution < -0.4 is 5.32 Å². The average Bonchev–Trinajstić information content (AvgIpc) is 3.04. The van der Waals surface area contributed by atoms with Crippen molar-refractivity contribution in [2.24, 2.45) is 11.8 Å². The highest BCUT2D eigenvalue weighted by atomic mass is 32.2. The van der Waals surface area contributed by atoms with Crippen molar-refractivity contribution in [2.45, 2.75) is 43.9 Å². The SMILES string of the molecule is CC(C)[C@H]1C(=O)Nc2ccc(S(=O)(=O)N3CCC(Cc4ccccc4)CC3)cc21. The van der Waals surface area contributed by atoms with E-state index in [0.29, 0.717) is 23.9 Å². The maximum atomic E-state index is 13.2. The number of carbonyl (C=O) groups excluding carboxylic acids is 1.